The molecule has 3 N–H and O–H groups in total. The van der Waals surface area contributed by atoms with E-state index >= 15 is 0 Å². The molecule has 1 saturated heterocycles. The van der Waals surface area contributed by atoms with Gasteiger partial charge in [-0.2, -0.15) is 14.4 Å². The summed E-state index contributed by atoms with van der Waals surface area (Å²) in [5.74, 6) is 5.07. The van der Waals surface area contributed by atoms with Crippen LogP contribution >= 0.6 is 11.6 Å². The molecular weight excluding hydrogens is 283 g/mol. The Morgan fingerprint density at radius 3 is 2.65 bits per heavy atom. The predicted molar refractivity (Wildman–Crippen MR) is 76.2 cm³/mol. The smallest absolute Gasteiger partial charge is 0.240 e. The molecule has 8 heteroatoms. The normalized spacial score (nSPS) is 23.7. The van der Waals surface area contributed by atoms with E-state index in [1.54, 1.807) is 0 Å². The molecule has 0 amide bonds. The van der Waals surface area contributed by atoms with Crippen LogP contribution in [0.4, 0.5) is 16.2 Å². The van der Waals surface area contributed by atoms with Gasteiger partial charge in [-0.1, -0.05) is 11.6 Å². The first-order chi connectivity index (χ1) is 9.47. The summed E-state index contributed by atoms with van der Waals surface area (Å²) in [5, 5.41) is -0.207. The second-order valence-corrected chi connectivity index (χ2v) is 6.20. The van der Waals surface area contributed by atoms with Crippen LogP contribution in [-0.4, -0.2) is 48.1 Å². The van der Waals surface area contributed by atoms with E-state index in [0.717, 1.165) is 13.1 Å². The maximum absolute atomic E-state index is 14.2. The highest BCUT2D eigenvalue weighted by atomic mass is 35.5. The Labute approximate surface area is 122 Å². The number of anilines is 2. The predicted octanol–water partition coefficient (Wildman–Crippen LogP) is 1.09. The topological polar surface area (TPSA) is 70.3 Å². The Kier molecular flexibility index (Phi) is 3.23. The van der Waals surface area contributed by atoms with Crippen LogP contribution in [0.25, 0.3) is 0 Å². The van der Waals surface area contributed by atoms with Crippen molar-refractivity contribution in [2.24, 2.45) is 11.3 Å². The third kappa shape index (κ3) is 2.10. The fraction of sp³-hybridized carbons (Fsp3) is 0.667. The first-order valence-corrected chi connectivity index (χ1v) is 6.96. The molecule has 1 spiro atoms. The molecule has 1 aromatic rings. The van der Waals surface area contributed by atoms with E-state index in [0.29, 0.717) is 6.04 Å². The quantitative estimate of drug-likeness (QED) is 0.495. The standard InChI is InChI=1S/C12H18ClFN6/c1-19(2)7-5-20(6-12(7)3-4-12)10-8(14)9(13)16-11(17-10)18-15/h7H,3-6,15H2,1-2H3,(H,16,17,18). The second kappa shape index (κ2) is 4.68. The van der Waals surface area contributed by atoms with Gasteiger partial charge in [0.15, 0.2) is 11.0 Å². The summed E-state index contributed by atoms with van der Waals surface area (Å²) in [6, 6.07) is 0.407. The summed E-state index contributed by atoms with van der Waals surface area (Å²) >= 11 is 5.80. The lowest BCUT2D eigenvalue weighted by atomic mass is 10.0. The van der Waals surface area contributed by atoms with Crippen LogP contribution in [0.15, 0.2) is 0 Å². The number of nitrogens with two attached hydrogens (primary N) is 1. The van der Waals surface area contributed by atoms with Crippen LogP contribution in [0.5, 0.6) is 0 Å². The first kappa shape index (κ1) is 13.8. The third-order valence-corrected chi connectivity index (χ3v) is 4.59. The molecule has 2 fully saturated rings. The zero-order valence-corrected chi connectivity index (χ0v) is 12.3. The molecule has 6 nitrogen and oxygen atoms in total. The summed E-state index contributed by atoms with van der Waals surface area (Å²) in [5.41, 5.74) is 2.59. The molecule has 0 bridgehead atoms. The van der Waals surface area contributed by atoms with Gasteiger partial charge in [0.05, 0.1) is 0 Å². The number of hydrogen-bond donors (Lipinski definition) is 2. The van der Waals surface area contributed by atoms with E-state index in [1.807, 2.05) is 4.90 Å². The van der Waals surface area contributed by atoms with Crippen molar-refractivity contribution in [2.45, 2.75) is 18.9 Å². The Morgan fingerprint density at radius 2 is 2.15 bits per heavy atom. The Balaban J connectivity index is 1.93. The van der Waals surface area contributed by atoms with E-state index in [2.05, 4.69) is 34.4 Å². The number of likely N-dealkylation sites (N-methyl/N-ethyl adjacent to an activating group) is 1. The summed E-state index contributed by atoms with van der Waals surface area (Å²) in [4.78, 5) is 12.0. The molecule has 1 aromatic heterocycles. The highest BCUT2D eigenvalue weighted by Gasteiger charge is 2.56. The molecule has 1 unspecified atom stereocenters. The zero-order chi connectivity index (χ0) is 14.5. The van der Waals surface area contributed by atoms with Gasteiger partial charge in [-0.25, -0.2) is 5.84 Å². The lowest BCUT2D eigenvalue weighted by molar-refractivity contribution is 0.241. The molecule has 20 heavy (non-hydrogen) atoms. The zero-order valence-electron chi connectivity index (χ0n) is 11.5. The minimum absolute atomic E-state index is 0.129. The van der Waals surface area contributed by atoms with Gasteiger partial charge in [0.1, 0.15) is 0 Å². The number of aromatic nitrogens is 2. The maximum atomic E-state index is 14.2. The molecule has 1 saturated carbocycles. The van der Waals surface area contributed by atoms with E-state index in [-0.39, 0.29) is 22.3 Å². The van der Waals surface area contributed by atoms with Gasteiger partial charge in [-0.3, -0.25) is 5.43 Å². The number of nitrogen functional groups attached to an aromatic ring is 1. The SMILES string of the molecule is CN(C)C1CN(c2nc(NN)nc(Cl)c2F)CC12CC2. The lowest BCUT2D eigenvalue weighted by Gasteiger charge is -2.24. The Hall–Kier alpha value is -1.18. The van der Waals surface area contributed by atoms with Crippen molar-refractivity contribution in [1.29, 1.82) is 0 Å². The summed E-state index contributed by atoms with van der Waals surface area (Å²) in [7, 11) is 4.12. The van der Waals surface area contributed by atoms with E-state index in [1.165, 1.54) is 12.8 Å². The average Bonchev–Trinajstić information content (AvgIpc) is 3.05. The monoisotopic (exact) mass is 300 g/mol. The van der Waals surface area contributed by atoms with Crippen LogP contribution < -0.4 is 16.2 Å². The molecule has 1 aliphatic carbocycles. The number of nitrogens with zero attached hydrogens (tertiary/aromatic N) is 4. The number of hydrogen-bond acceptors (Lipinski definition) is 6. The van der Waals surface area contributed by atoms with Crippen LogP contribution in [-0.2, 0) is 0 Å². The Morgan fingerprint density at radius 1 is 1.45 bits per heavy atom. The number of hydrazine groups is 1. The highest BCUT2D eigenvalue weighted by Crippen LogP contribution is 2.54. The number of nitrogens with one attached hydrogen (secondary N) is 1. The largest absolute Gasteiger partial charge is 0.352 e. The minimum atomic E-state index is -0.583. The van der Waals surface area contributed by atoms with Crippen LogP contribution in [0, 0.1) is 11.2 Å². The van der Waals surface area contributed by atoms with Crippen molar-refractivity contribution in [2.75, 3.05) is 37.5 Å². The van der Waals surface area contributed by atoms with E-state index < -0.39 is 5.82 Å². The average molecular weight is 301 g/mol. The summed E-state index contributed by atoms with van der Waals surface area (Å²) < 4.78 is 14.2. The van der Waals surface area contributed by atoms with Crippen molar-refractivity contribution < 1.29 is 4.39 Å². The summed E-state index contributed by atoms with van der Waals surface area (Å²) in [6.07, 6.45) is 2.35. The Bertz CT molecular complexity index is 533. The lowest BCUT2D eigenvalue weighted by Crippen LogP contribution is -2.36. The van der Waals surface area contributed by atoms with Gasteiger partial charge in [0.2, 0.25) is 11.8 Å². The van der Waals surface area contributed by atoms with Crippen LogP contribution in [0.1, 0.15) is 12.8 Å². The van der Waals surface area contributed by atoms with Gasteiger partial charge in [-0.05, 0) is 26.9 Å². The van der Waals surface area contributed by atoms with Crippen molar-refractivity contribution in [1.82, 2.24) is 14.9 Å². The molecule has 0 aromatic carbocycles. The molecule has 2 heterocycles. The second-order valence-electron chi connectivity index (χ2n) is 5.84. The fourth-order valence-electron chi connectivity index (χ4n) is 3.16. The summed E-state index contributed by atoms with van der Waals surface area (Å²) in [6.45, 7) is 1.53. The van der Waals surface area contributed by atoms with Crippen LogP contribution in [0.3, 0.4) is 0 Å². The molecule has 110 valence electrons. The molecule has 0 radical (unpaired) electrons. The van der Waals surface area contributed by atoms with Gasteiger partial charge >= 0.3 is 0 Å². The van der Waals surface area contributed by atoms with Gasteiger partial charge < -0.3 is 9.80 Å². The van der Waals surface area contributed by atoms with Crippen molar-refractivity contribution in [3.05, 3.63) is 11.0 Å². The van der Waals surface area contributed by atoms with E-state index in [4.69, 9.17) is 17.4 Å². The molecule has 2 aliphatic rings. The van der Waals surface area contributed by atoms with Gasteiger partial charge in [0.25, 0.3) is 0 Å². The van der Waals surface area contributed by atoms with Gasteiger partial charge in [0, 0.05) is 24.5 Å². The first-order valence-electron chi connectivity index (χ1n) is 6.58. The van der Waals surface area contributed by atoms with Gasteiger partial charge in [-0.15, -0.1) is 0 Å². The molecule has 3 rings (SSSR count). The maximum Gasteiger partial charge on any atom is 0.240 e. The molecular formula is C12H18ClFN6. The fourth-order valence-corrected chi connectivity index (χ4v) is 3.32. The van der Waals surface area contributed by atoms with Crippen molar-refractivity contribution in [3.63, 3.8) is 0 Å². The van der Waals surface area contributed by atoms with Crippen LogP contribution in [0.2, 0.25) is 5.15 Å². The highest BCUT2D eigenvalue weighted by molar-refractivity contribution is 6.29. The van der Waals surface area contributed by atoms with Crippen molar-refractivity contribution in [3.8, 4) is 0 Å². The number of halogens is 2. The third-order valence-electron chi connectivity index (χ3n) is 4.34. The number of rotatable bonds is 3. The minimum Gasteiger partial charge on any atom is -0.352 e. The van der Waals surface area contributed by atoms with Crippen molar-refractivity contribution >= 4 is 23.4 Å². The molecule has 1 atom stereocenters. The molecule has 1 aliphatic heterocycles. The van der Waals surface area contributed by atoms with E-state index in [9.17, 15) is 4.39 Å².